The molecule has 4 nitrogen and oxygen atoms in total. The molecule has 0 amide bonds. The average Bonchev–Trinajstić information content (AvgIpc) is 3.23. The van der Waals surface area contributed by atoms with Gasteiger partial charge < -0.3 is 4.74 Å². The Labute approximate surface area is 221 Å². The second-order valence-electron chi connectivity index (χ2n) is 13.1. The van der Waals surface area contributed by atoms with Crippen LogP contribution in [0.2, 0.25) is 5.02 Å². The molecule has 1 aliphatic heterocycles. The molecule has 36 heavy (non-hydrogen) atoms. The summed E-state index contributed by atoms with van der Waals surface area (Å²) in [7, 11) is 0. The van der Waals surface area contributed by atoms with Crippen LogP contribution < -0.4 is 0 Å². The number of carbonyl (C=O) groups excluding carboxylic acids is 1. The third-order valence-corrected chi connectivity index (χ3v) is 11.8. The maximum absolute atomic E-state index is 12.4. The monoisotopic (exact) mass is 512 g/mol. The van der Waals surface area contributed by atoms with Crippen molar-refractivity contribution >= 4 is 23.0 Å². The standard InChI is InChI=1S/C31H41ClO4/c1-19(21-5-8-23(32)9-6-21)28-18-34-31(36-35-28)16-15-29(3)22(17-31)7-10-24-26-12-11-25(20(2)33)30(26,4)14-13-27(24)29/h5-6,8-9,22,24-28H,1,7,10-18H2,2-4H3/t22?,24?,25?,26?,27?,28?,29-,30+,31?/m0/s1. The smallest absolute Gasteiger partial charge is 0.202 e. The molecule has 0 aromatic heterocycles. The minimum absolute atomic E-state index is 0.219. The molecule has 1 saturated heterocycles. The number of benzene rings is 1. The largest absolute Gasteiger partial charge is 0.344 e. The van der Waals surface area contributed by atoms with Gasteiger partial charge in [0, 0.05) is 23.8 Å². The van der Waals surface area contributed by atoms with Crippen molar-refractivity contribution in [2.45, 2.75) is 90.4 Å². The Balaban J connectivity index is 1.12. The van der Waals surface area contributed by atoms with Gasteiger partial charge in [-0.15, -0.1) is 0 Å². The van der Waals surface area contributed by atoms with E-state index in [4.69, 9.17) is 26.1 Å². The molecular formula is C31H41ClO4. The van der Waals surface area contributed by atoms with Crippen LogP contribution in [0.3, 0.4) is 0 Å². The fraction of sp³-hybridized carbons (Fsp3) is 0.710. The van der Waals surface area contributed by atoms with Gasteiger partial charge in [-0.3, -0.25) is 4.79 Å². The molecule has 1 spiro atoms. The van der Waals surface area contributed by atoms with Crippen molar-refractivity contribution in [3.05, 3.63) is 41.4 Å². The summed E-state index contributed by atoms with van der Waals surface area (Å²) in [5.74, 6) is 2.87. The zero-order valence-corrected chi connectivity index (χ0v) is 22.8. The summed E-state index contributed by atoms with van der Waals surface area (Å²) in [5, 5.41) is 0.705. The molecule has 1 aromatic carbocycles. The van der Waals surface area contributed by atoms with Gasteiger partial charge >= 0.3 is 0 Å². The maximum Gasteiger partial charge on any atom is 0.202 e. The van der Waals surface area contributed by atoms with Crippen molar-refractivity contribution in [3.8, 4) is 0 Å². The van der Waals surface area contributed by atoms with Gasteiger partial charge in [0.2, 0.25) is 5.79 Å². The highest BCUT2D eigenvalue weighted by molar-refractivity contribution is 6.30. The van der Waals surface area contributed by atoms with Crippen molar-refractivity contribution in [1.29, 1.82) is 0 Å². The van der Waals surface area contributed by atoms with E-state index < -0.39 is 5.79 Å². The molecule has 5 aliphatic rings. The highest BCUT2D eigenvalue weighted by Crippen LogP contribution is 2.68. The van der Waals surface area contributed by atoms with E-state index in [-0.39, 0.29) is 17.4 Å². The van der Waals surface area contributed by atoms with E-state index in [0.29, 0.717) is 34.7 Å². The lowest BCUT2D eigenvalue weighted by Crippen LogP contribution is -2.58. The summed E-state index contributed by atoms with van der Waals surface area (Å²) < 4.78 is 6.47. The predicted octanol–water partition coefficient (Wildman–Crippen LogP) is 7.64. The molecule has 5 fully saturated rings. The summed E-state index contributed by atoms with van der Waals surface area (Å²) in [5.41, 5.74) is 2.38. The van der Waals surface area contributed by atoms with E-state index in [1.54, 1.807) is 0 Å². The van der Waals surface area contributed by atoms with Crippen LogP contribution in [0.4, 0.5) is 0 Å². The van der Waals surface area contributed by atoms with E-state index in [1.165, 1.54) is 32.1 Å². The Hall–Kier alpha value is -1.20. The molecule has 1 aromatic rings. The van der Waals surface area contributed by atoms with Crippen molar-refractivity contribution in [2.75, 3.05) is 6.61 Å². The van der Waals surface area contributed by atoms with Crippen LogP contribution in [-0.2, 0) is 19.3 Å². The van der Waals surface area contributed by atoms with Crippen molar-refractivity contribution in [2.24, 2.45) is 40.4 Å². The van der Waals surface area contributed by atoms with Gasteiger partial charge in [0.15, 0.2) is 0 Å². The molecular weight excluding hydrogens is 472 g/mol. The number of halogens is 1. The van der Waals surface area contributed by atoms with E-state index in [9.17, 15) is 4.79 Å². The number of rotatable bonds is 3. The molecule has 9 atom stereocenters. The Morgan fingerprint density at radius 2 is 1.72 bits per heavy atom. The van der Waals surface area contributed by atoms with Gasteiger partial charge in [-0.2, -0.15) is 0 Å². The first-order valence-corrected chi connectivity index (χ1v) is 14.5. The first-order chi connectivity index (χ1) is 17.2. The van der Waals surface area contributed by atoms with Crippen molar-refractivity contribution in [1.82, 2.24) is 0 Å². The lowest BCUT2D eigenvalue weighted by molar-refractivity contribution is -0.489. The first kappa shape index (κ1) is 25.1. The summed E-state index contributed by atoms with van der Waals surface area (Å²) in [6.45, 7) is 11.5. The number of hydrogen-bond acceptors (Lipinski definition) is 4. The van der Waals surface area contributed by atoms with Gasteiger partial charge in [-0.25, -0.2) is 9.78 Å². The minimum Gasteiger partial charge on any atom is -0.344 e. The van der Waals surface area contributed by atoms with E-state index >= 15 is 0 Å². The summed E-state index contributed by atoms with van der Waals surface area (Å²) >= 11 is 6.04. The zero-order chi connectivity index (χ0) is 25.3. The van der Waals surface area contributed by atoms with E-state index in [2.05, 4.69) is 20.4 Å². The van der Waals surface area contributed by atoms with Crippen LogP contribution in [0.1, 0.15) is 84.1 Å². The zero-order valence-electron chi connectivity index (χ0n) is 22.1. The number of Topliss-reactive ketones (excluding diaryl/α,β-unsaturated/α-hetero) is 1. The minimum atomic E-state index is -0.635. The molecule has 5 heteroatoms. The number of ether oxygens (including phenoxy) is 1. The normalized spacial score (nSPS) is 46.0. The summed E-state index contributed by atoms with van der Waals surface area (Å²) in [6.07, 6.45) is 9.91. The van der Waals surface area contributed by atoms with Crippen LogP contribution in [-0.4, -0.2) is 24.3 Å². The van der Waals surface area contributed by atoms with Crippen LogP contribution in [0.15, 0.2) is 30.8 Å². The number of fused-ring (bicyclic) bond motifs is 5. The van der Waals surface area contributed by atoms with Crippen LogP contribution in [0.25, 0.3) is 5.57 Å². The molecule has 4 saturated carbocycles. The predicted molar refractivity (Wildman–Crippen MR) is 141 cm³/mol. The second-order valence-corrected chi connectivity index (χ2v) is 13.5. The lowest BCUT2D eigenvalue weighted by Gasteiger charge is -2.62. The van der Waals surface area contributed by atoms with E-state index in [0.717, 1.165) is 48.7 Å². The molecule has 196 valence electrons. The Morgan fingerprint density at radius 1 is 0.972 bits per heavy atom. The topological polar surface area (TPSA) is 44.8 Å². The van der Waals surface area contributed by atoms with Gasteiger partial charge in [0.1, 0.15) is 11.9 Å². The summed E-state index contributed by atoms with van der Waals surface area (Å²) in [6, 6.07) is 7.65. The quantitative estimate of drug-likeness (QED) is 0.390. The lowest BCUT2D eigenvalue weighted by atomic mass is 9.44. The number of carbonyl (C=O) groups is 1. The highest BCUT2D eigenvalue weighted by Gasteiger charge is 2.62. The SMILES string of the molecule is C=C(c1ccc(Cl)cc1)C1COC2(CC[C@@]3(C)C(CCC4C3CC[C@]3(C)C(C(C)=O)CCC43)C2)OO1. The fourth-order valence-electron chi connectivity index (χ4n) is 9.51. The number of ketones is 1. The van der Waals surface area contributed by atoms with E-state index in [1.807, 2.05) is 31.2 Å². The molecule has 6 rings (SSSR count). The van der Waals surface area contributed by atoms with Gasteiger partial charge in [0.05, 0.1) is 6.61 Å². The highest BCUT2D eigenvalue weighted by atomic mass is 35.5. The molecule has 7 unspecified atom stereocenters. The van der Waals surface area contributed by atoms with Gasteiger partial charge in [0.25, 0.3) is 0 Å². The Kier molecular flexibility index (Phi) is 6.23. The third-order valence-electron chi connectivity index (χ3n) is 11.6. The van der Waals surface area contributed by atoms with Crippen LogP contribution in [0.5, 0.6) is 0 Å². The molecule has 0 radical (unpaired) electrons. The third kappa shape index (κ3) is 3.85. The fourth-order valence-corrected chi connectivity index (χ4v) is 9.63. The average molecular weight is 513 g/mol. The molecule has 1 heterocycles. The van der Waals surface area contributed by atoms with Crippen molar-refractivity contribution < 1.29 is 19.3 Å². The van der Waals surface area contributed by atoms with Crippen LogP contribution >= 0.6 is 11.6 Å². The Bertz CT molecular complexity index is 1030. The molecule has 0 bridgehead atoms. The van der Waals surface area contributed by atoms with Crippen LogP contribution in [0, 0.1) is 40.4 Å². The van der Waals surface area contributed by atoms with Gasteiger partial charge in [-0.1, -0.05) is 44.2 Å². The second kappa shape index (κ2) is 8.93. The molecule has 0 N–H and O–H groups in total. The van der Waals surface area contributed by atoms with Gasteiger partial charge in [-0.05, 0) is 110 Å². The number of hydrogen-bond donors (Lipinski definition) is 0. The summed E-state index contributed by atoms with van der Waals surface area (Å²) in [4.78, 5) is 24.5. The first-order valence-electron chi connectivity index (χ1n) is 14.1. The van der Waals surface area contributed by atoms with Crippen molar-refractivity contribution in [3.63, 3.8) is 0 Å². The molecule has 4 aliphatic carbocycles. The Morgan fingerprint density at radius 3 is 2.42 bits per heavy atom. The maximum atomic E-state index is 12.4.